The molecule has 1 saturated heterocycles. The number of hydrogen-bond donors (Lipinski definition) is 1. The first-order valence-corrected chi connectivity index (χ1v) is 11.5. The van der Waals surface area contributed by atoms with Crippen LogP contribution in [0.5, 0.6) is 17.2 Å². The first kappa shape index (κ1) is 24.2. The highest BCUT2D eigenvalue weighted by molar-refractivity contribution is 6.33. The van der Waals surface area contributed by atoms with Crippen molar-refractivity contribution in [3.63, 3.8) is 0 Å². The second kappa shape index (κ2) is 11.0. The van der Waals surface area contributed by atoms with Gasteiger partial charge >= 0.3 is 0 Å². The van der Waals surface area contributed by atoms with Crippen LogP contribution in [-0.4, -0.2) is 32.1 Å². The minimum absolute atomic E-state index is 0.00565. The van der Waals surface area contributed by atoms with Crippen molar-refractivity contribution >= 4 is 35.2 Å². The molecule has 35 heavy (non-hydrogen) atoms. The van der Waals surface area contributed by atoms with E-state index in [2.05, 4.69) is 5.43 Å². The van der Waals surface area contributed by atoms with E-state index in [1.807, 2.05) is 37.3 Å². The third kappa shape index (κ3) is 5.75. The molecule has 0 bridgehead atoms. The molecule has 0 aromatic heterocycles. The third-order valence-electron chi connectivity index (χ3n) is 5.29. The molecule has 2 amide bonds. The normalized spacial score (nSPS) is 14.3. The zero-order valence-electron chi connectivity index (χ0n) is 19.4. The number of halogens is 1. The first-order valence-electron chi connectivity index (χ1n) is 11.1. The minimum atomic E-state index is -0.497. The van der Waals surface area contributed by atoms with Gasteiger partial charge in [0.25, 0.3) is 11.8 Å². The van der Waals surface area contributed by atoms with Gasteiger partial charge in [-0.25, -0.2) is 5.01 Å². The lowest BCUT2D eigenvalue weighted by atomic mass is 10.1. The highest BCUT2D eigenvalue weighted by Gasteiger charge is 2.34. The number of ether oxygens (including phenoxy) is 3. The molecule has 4 rings (SSSR count). The molecular weight excluding hydrogens is 468 g/mol. The number of nitrogens with one attached hydrogen (secondary N) is 1. The number of benzene rings is 3. The van der Waals surface area contributed by atoms with Gasteiger partial charge in [-0.3, -0.25) is 15.0 Å². The molecule has 180 valence electrons. The Hall–Kier alpha value is -3.97. The highest BCUT2D eigenvalue weighted by atomic mass is 35.5. The maximum absolute atomic E-state index is 12.8. The van der Waals surface area contributed by atoms with Gasteiger partial charge in [-0.1, -0.05) is 47.5 Å². The summed E-state index contributed by atoms with van der Waals surface area (Å²) in [5.41, 5.74) is 4.85. The van der Waals surface area contributed by atoms with Gasteiger partial charge in [0.2, 0.25) is 0 Å². The van der Waals surface area contributed by atoms with Crippen molar-refractivity contribution < 1.29 is 23.8 Å². The Morgan fingerprint density at radius 3 is 2.40 bits per heavy atom. The number of amides is 2. The number of para-hydroxylation sites is 1. The Morgan fingerprint density at radius 1 is 0.971 bits per heavy atom. The monoisotopic (exact) mass is 492 g/mol. The lowest BCUT2D eigenvalue weighted by Crippen LogP contribution is -2.35. The van der Waals surface area contributed by atoms with E-state index in [1.54, 1.807) is 36.4 Å². The maximum atomic E-state index is 12.8. The number of rotatable bonds is 9. The van der Waals surface area contributed by atoms with Crippen molar-refractivity contribution in [3.8, 4) is 17.2 Å². The van der Waals surface area contributed by atoms with Gasteiger partial charge in [0.15, 0.2) is 11.5 Å². The van der Waals surface area contributed by atoms with Crippen LogP contribution in [-0.2, 0) is 9.59 Å². The van der Waals surface area contributed by atoms with Gasteiger partial charge < -0.3 is 14.2 Å². The number of hydrazine groups is 1. The quantitative estimate of drug-likeness (QED) is 0.259. The first-order chi connectivity index (χ1) is 17.0. The molecule has 3 aromatic rings. The molecule has 8 heteroatoms. The van der Waals surface area contributed by atoms with Crippen molar-refractivity contribution in [1.29, 1.82) is 0 Å². The summed E-state index contributed by atoms with van der Waals surface area (Å²) >= 11 is 6.46. The van der Waals surface area contributed by atoms with E-state index >= 15 is 0 Å². The topological polar surface area (TPSA) is 77.1 Å². The molecule has 3 aromatic carbocycles. The van der Waals surface area contributed by atoms with Gasteiger partial charge in [-0.05, 0) is 55.0 Å². The van der Waals surface area contributed by atoms with E-state index in [1.165, 1.54) is 23.8 Å². The fourth-order valence-electron chi connectivity index (χ4n) is 3.50. The number of nitrogens with zero attached hydrogens (tertiary/aromatic N) is 1. The van der Waals surface area contributed by atoms with E-state index in [0.717, 1.165) is 5.75 Å². The van der Waals surface area contributed by atoms with E-state index in [0.29, 0.717) is 47.4 Å². The molecule has 0 radical (unpaired) electrons. The Labute approximate surface area is 208 Å². The van der Waals surface area contributed by atoms with Crippen LogP contribution >= 0.6 is 11.6 Å². The average Bonchev–Trinajstić information content (AvgIpc) is 3.14. The number of hydrogen-bond acceptors (Lipinski definition) is 5. The number of methoxy groups -OCH3 is 1. The number of aryl methyl sites for hydroxylation is 1. The van der Waals surface area contributed by atoms with Crippen molar-refractivity contribution in [3.05, 3.63) is 88.5 Å². The highest BCUT2D eigenvalue weighted by Crippen LogP contribution is 2.37. The summed E-state index contributed by atoms with van der Waals surface area (Å²) < 4.78 is 17.0. The summed E-state index contributed by atoms with van der Waals surface area (Å²) in [6.07, 6.45) is 2.12. The van der Waals surface area contributed by atoms with E-state index in [-0.39, 0.29) is 5.57 Å². The lowest BCUT2D eigenvalue weighted by Gasteiger charge is -2.14. The largest absolute Gasteiger partial charge is 0.493 e. The zero-order valence-corrected chi connectivity index (χ0v) is 20.2. The van der Waals surface area contributed by atoms with Crippen molar-refractivity contribution in [2.75, 3.05) is 25.3 Å². The van der Waals surface area contributed by atoms with Gasteiger partial charge in [-0.15, -0.1) is 0 Å². The molecule has 0 saturated carbocycles. The molecule has 0 unspecified atom stereocenters. The third-order valence-corrected chi connectivity index (χ3v) is 5.57. The minimum Gasteiger partial charge on any atom is -0.493 e. The molecule has 1 aliphatic rings. The second-order valence-corrected chi connectivity index (χ2v) is 8.28. The van der Waals surface area contributed by atoms with Crippen molar-refractivity contribution in [2.24, 2.45) is 0 Å². The summed E-state index contributed by atoms with van der Waals surface area (Å²) in [5, 5.41) is 1.52. The predicted molar refractivity (Wildman–Crippen MR) is 135 cm³/mol. The SMILES string of the molecule is COc1cc(/C=C2/C(=O)NN(c3ccccc3)C2=O)cc(Cl)c1OCCCOc1ccc(C)cc1. The summed E-state index contributed by atoms with van der Waals surface area (Å²) in [6.45, 7) is 2.88. The van der Waals surface area contributed by atoms with E-state index < -0.39 is 11.8 Å². The Balaban J connectivity index is 1.41. The van der Waals surface area contributed by atoms with Crippen molar-refractivity contribution in [1.82, 2.24) is 5.43 Å². The van der Waals surface area contributed by atoms with Crippen LogP contribution in [0.2, 0.25) is 5.02 Å². The van der Waals surface area contributed by atoms with E-state index in [9.17, 15) is 9.59 Å². The molecule has 0 aliphatic carbocycles. The summed E-state index contributed by atoms with van der Waals surface area (Å²) in [5.74, 6) is 0.641. The summed E-state index contributed by atoms with van der Waals surface area (Å²) in [4.78, 5) is 25.3. The van der Waals surface area contributed by atoms with Gasteiger partial charge in [0.1, 0.15) is 11.3 Å². The fraction of sp³-hybridized carbons (Fsp3) is 0.185. The molecule has 1 aliphatic heterocycles. The van der Waals surface area contributed by atoms with Crippen LogP contribution in [0.15, 0.2) is 72.3 Å². The molecule has 0 spiro atoms. The van der Waals surface area contributed by atoms with E-state index in [4.69, 9.17) is 25.8 Å². The smallest absolute Gasteiger partial charge is 0.282 e. The fourth-order valence-corrected chi connectivity index (χ4v) is 3.78. The summed E-state index contributed by atoms with van der Waals surface area (Å²) in [6, 6.07) is 20.0. The average molecular weight is 493 g/mol. The molecule has 1 heterocycles. The zero-order chi connectivity index (χ0) is 24.8. The standard InChI is InChI=1S/C27H25ClN2O5/c1-18-9-11-21(12-10-18)34-13-6-14-35-25-23(28)16-19(17-24(25)33-2)15-22-26(31)29-30(27(22)32)20-7-4-3-5-8-20/h3-5,7-12,15-17H,6,13-14H2,1-2H3,(H,29,31)/b22-15-. The maximum Gasteiger partial charge on any atom is 0.282 e. The van der Waals surface area contributed by atoms with Crippen LogP contribution in [0.4, 0.5) is 5.69 Å². The van der Waals surface area contributed by atoms with Crippen LogP contribution in [0.25, 0.3) is 6.08 Å². The molecule has 0 atom stereocenters. The Kier molecular flexibility index (Phi) is 7.57. The molecule has 1 fully saturated rings. The number of carbonyl (C=O) groups excluding carboxylic acids is 2. The molecular formula is C27H25ClN2O5. The molecule has 7 nitrogen and oxygen atoms in total. The summed E-state index contributed by atoms with van der Waals surface area (Å²) in [7, 11) is 1.50. The Morgan fingerprint density at radius 2 is 1.69 bits per heavy atom. The van der Waals surface area contributed by atoms with Gasteiger partial charge in [0, 0.05) is 6.42 Å². The van der Waals surface area contributed by atoms with Crippen molar-refractivity contribution in [2.45, 2.75) is 13.3 Å². The van der Waals surface area contributed by atoms with Crippen LogP contribution in [0.3, 0.4) is 0 Å². The number of anilines is 1. The predicted octanol–water partition coefficient (Wildman–Crippen LogP) is 4.97. The second-order valence-electron chi connectivity index (χ2n) is 7.87. The molecule has 1 N–H and O–H groups in total. The Bertz CT molecular complexity index is 1240. The van der Waals surface area contributed by atoms with Gasteiger partial charge in [-0.2, -0.15) is 0 Å². The van der Waals surface area contributed by atoms with Crippen LogP contribution in [0.1, 0.15) is 17.5 Å². The van der Waals surface area contributed by atoms with Crippen LogP contribution < -0.4 is 24.6 Å². The lowest BCUT2D eigenvalue weighted by molar-refractivity contribution is -0.117. The van der Waals surface area contributed by atoms with Gasteiger partial charge in [0.05, 0.1) is 31.0 Å². The number of carbonyl (C=O) groups is 2. The van der Waals surface area contributed by atoms with Crippen LogP contribution in [0, 0.1) is 6.92 Å².